The van der Waals surface area contributed by atoms with Crippen LogP contribution in [0.3, 0.4) is 0 Å². The van der Waals surface area contributed by atoms with E-state index in [1.165, 1.54) is 7.11 Å². The highest BCUT2D eigenvalue weighted by molar-refractivity contribution is 5.97. The molecular weight excluding hydrogens is 224 g/mol. The predicted molar refractivity (Wildman–Crippen MR) is 72.6 cm³/mol. The number of rotatable bonds is 3. The van der Waals surface area contributed by atoms with Gasteiger partial charge in [-0.25, -0.2) is 4.79 Å². The van der Waals surface area contributed by atoms with Crippen LogP contribution in [-0.4, -0.2) is 13.1 Å². The number of hydrogen-bond donors (Lipinski definition) is 0. The molecule has 0 atom stereocenters. The van der Waals surface area contributed by atoms with Gasteiger partial charge < -0.3 is 4.74 Å². The molecule has 0 aliphatic carbocycles. The minimum Gasteiger partial charge on any atom is -0.465 e. The first kappa shape index (κ1) is 12.4. The van der Waals surface area contributed by atoms with Crippen LogP contribution in [-0.2, 0) is 11.2 Å². The van der Waals surface area contributed by atoms with Crippen molar-refractivity contribution in [3.63, 3.8) is 0 Å². The quantitative estimate of drug-likeness (QED) is 0.764. The van der Waals surface area contributed by atoms with Gasteiger partial charge in [0, 0.05) is 0 Å². The summed E-state index contributed by atoms with van der Waals surface area (Å²) in [7, 11) is 1.41. The molecule has 92 valence electrons. The Balaban J connectivity index is 2.56. The Morgan fingerprint density at radius 2 is 1.83 bits per heavy atom. The Bertz CT molecular complexity index is 544. The maximum atomic E-state index is 11.9. The van der Waals surface area contributed by atoms with Gasteiger partial charge in [-0.15, -0.1) is 0 Å². The predicted octanol–water partition coefficient (Wildman–Crippen LogP) is 3.70. The van der Waals surface area contributed by atoms with Gasteiger partial charge in [-0.1, -0.05) is 49.4 Å². The van der Waals surface area contributed by atoms with Crippen LogP contribution in [0.15, 0.2) is 48.5 Å². The van der Waals surface area contributed by atoms with Crippen LogP contribution in [0.2, 0.25) is 0 Å². The second kappa shape index (κ2) is 5.50. The number of methoxy groups -OCH3 is 1. The minimum atomic E-state index is -0.288. The lowest BCUT2D eigenvalue weighted by Gasteiger charge is -2.10. The van der Waals surface area contributed by atoms with Crippen LogP contribution in [0.1, 0.15) is 22.8 Å². The first-order valence-electron chi connectivity index (χ1n) is 6.03. The number of carbonyl (C=O) groups excluding carboxylic acids is 1. The highest BCUT2D eigenvalue weighted by atomic mass is 16.5. The fourth-order valence-electron chi connectivity index (χ4n) is 1.96. The van der Waals surface area contributed by atoms with Crippen LogP contribution in [0.5, 0.6) is 0 Å². The normalized spacial score (nSPS) is 10.1. The molecule has 0 aromatic heterocycles. The van der Waals surface area contributed by atoms with E-state index in [0.29, 0.717) is 5.56 Å². The van der Waals surface area contributed by atoms with Gasteiger partial charge in [-0.2, -0.15) is 0 Å². The molecule has 2 aromatic rings. The third kappa shape index (κ3) is 2.43. The molecule has 0 heterocycles. The van der Waals surface area contributed by atoms with E-state index in [0.717, 1.165) is 23.1 Å². The van der Waals surface area contributed by atoms with Crippen molar-refractivity contribution in [2.45, 2.75) is 13.3 Å². The molecule has 0 N–H and O–H groups in total. The van der Waals surface area contributed by atoms with E-state index in [1.807, 2.05) is 42.5 Å². The molecule has 0 spiro atoms. The van der Waals surface area contributed by atoms with E-state index in [1.54, 1.807) is 0 Å². The highest BCUT2D eigenvalue weighted by Gasteiger charge is 2.13. The van der Waals surface area contributed by atoms with Crippen LogP contribution in [0.25, 0.3) is 11.1 Å². The maximum absolute atomic E-state index is 11.9. The third-order valence-electron chi connectivity index (χ3n) is 2.98. The molecule has 0 aliphatic heterocycles. The van der Waals surface area contributed by atoms with Crippen LogP contribution < -0.4 is 0 Å². The van der Waals surface area contributed by atoms with E-state index >= 15 is 0 Å². The number of hydrogen-bond acceptors (Lipinski definition) is 2. The lowest BCUT2D eigenvalue weighted by atomic mass is 9.97. The van der Waals surface area contributed by atoms with Gasteiger partial charge in [0.25, 0.3) is 0 Å². The third-order valence-corrected chi connectivity index (χ3v) is 2.98. The molecule has 0 bridgehead atoms. The number of benzene rings is 2. The summed E-state index contributed by atoms with van der Waals surface area (Å²) >= 11 is 0. The molecule has 0 saturated carbocycles. The zero-order chi connectivity index (χ0) is 13.0. The summed E-state index contributed by atoms with van der Waals surface area (Å²) in [5, 5.41) is 0. The van der Waals surface area contributed by atoms with Crippen molar-refractivity contribution < 1.29 is 9.53 Å². The summed E-state index contributed by atoms with van der Waals surface area (Å²) in [4.78, 5) is 11.9. The maximum Gasteiger partial charge on any atom is 0.338 e. The molecule has 0 radical (unpaired) electrons. The SMILES string of the molecule is CCc1ccc(-c2ccccc2)c(C(=O)OC)c1. The van der Waals surface area contributed by atoms with Gasteiger partial charge in [-0.05, 0) is 29.2 Å². The standard InChI is InChI=1S/C16H16O2/c1-3-12-9-10-14(13-7-5-4-6-8-13)15(11-12)16(17)18-2/h4-11H,3H2,1-2H3. The molecule has 2 nitrogen and oxygen atoms in total. The van der Waals surface area contributed by atoms with Gasteiger partial charge in [0.1, 0.15) is 0 Å². The Morgan fingerprint density at radius 3 is 2.44 bits per heavy atom. The fourth-order valence-corrected chi connectivity index (χ4v) is 1.96. The van der Waals surface area contributed by atoms with Gasteiger partial charge in [0.2, 0.25) is 0 Å². The largest absolute Gasteiger partial charge is 0.465 e. The minimum absolute atomic E-state index is 0.288. The Hall–Kier alpha value is -2.09. The second-order valence-corrected chi connectivity index (χ2v) is 4.09. The summed E-state index contributed by atoms with van der Waals surface area (Å²) < 4.78 is 4.86. The molecule has 2 aromatic carbocycles. The first-order chi connectivity index (χ1) is 8.76. The van der Waals surface area contributed by atoms with Crippen molar-refractivity contribution in [2.24, 2.45) is 0 Å². The summed E-state index contributed by atoms with van der Waals surface area (Å²) in [6.45, 7) is 2.07. The van der Waals surface area contributed by atoms with Crippen molar-refractivity contribution in [1.29, 1.82) is 0 Å². The average Bonchev–Trinajstić information content (AvgIpc) is 2.46. The molecular formula is C16H16O2. The van der Waals surface area contributed by atoms with E-state index in [4.69, 9.17) is 4.74 Å². The van der Waals surface area contributed by atoms with Gasteiger partial charge in [-0.3, -0.25) is 0 Å². The molecule has 2 heteroatoms. The fraction of sp³-hybridized carbons (Fsp3) is 0.188. The zero-order valence-electron chi connectivity index (χ0n) is 10.6. The van der Waals surface area contributed by atoms with E-state index in [9.17, 15) is 4.79 Å². The lowest BCUT2D eigenvalue weighted by Crippen LogP contribution is -2.04. The van der Waals surface area contributed by atoms with E-state index < -0.39 is 0 Å². The highest BCUT2D eigenvalue weighted by Crippen LogP contribution is 2.25. The van der Waals surface area contributed by atoms with Crippen molar-refractivity contribution in [1.82, 2.24) is 0 Å². The smallest absolute Gasteiger partial charge is 0.338 e. The topological polar surface area (TPSA) is 26.3 Å². The summed E-state index contributed by atoms with van der Waals surface area (Å²) in [5.74, 6) is -0.288. The van der Waals surface area contributed by atoms with Crippen LogP contribution in [0, 0.1) is 0 Å². The molecule has 0 unspecified atom stereocenters. The summed E-state index contributed by atoms with van der Waals surface area (Å²) in [6, 6.07) is 15.8. The second-order valence-electron chi connectivity index (χ2n) is 4.09. The van der Waals surface area contributed by atoms with Crippen molar-refractivity contribution in [2.75, 3.05) is 7.11 Å². The Labute approximate surface area is 107 Å². The Morgan fingerprint density at radius 1 is 1.11 bits per heavy atom. The summed E-state index contributed by atoms with van der Waals surface area (Å²) in [6.07, 6.45) is 0.902. The van der Waals surface area contributed by atoms with Gasteiger partial charge in [0.15, 0.2) is 0 Å². The van der Waals surface area contributed by atoms with Crippen molar-refractivity contribution in [3.05, 3.63) is 59.7 Å². The molecule has 18 heavy (non-hydrogen) atoms. The summed E-state index contributed by atoms with van der Waals surface area (Å²) in [5.41, 5.74) is 3.71. The number of ether oxygens (including phenoxy) is 1. The van der Waals surface area contributed by atoms with E-state index in [2.05, 4.69) is 13.0 Å². The van der Waals surface area contributed by atoms with Gasteiger partial charge in [0.05, 0.1) is 12.7 Å². The Kier molecular flexibility index (Phi) is 3.78. The number of esters is 1. The lowest BCUT2D eigenvalue weighted by molar-refractivity contribution is 0.0601. The molecule has 0 saturated heterocycles. The van der Waals surface area contributed by atoms with Crippen molar-refractivity contribution >= 4 is 5.97 Å². The molecule has 0 fully saturated rings. The van der Waals surface area contributed by atoms with Crippen molar-refractivity contribution in [3.8, 4) is 11.1 Å². The van der Waals surface area contributed by atoms with Crippen LogP contribution in [0.4, 0.5) is 0 Å². The molecule has 0 aliphatic rings. The van der Waals surface area contributed by atoms with E-state index in [-0.39, 0.29) is 5.97 Å². The molecule has 2 rings (SSSR count). The monoisotopic (exact) mass is 240 g/mol. The van der Waals surface area contributed by atoms with Crippen LogP contribution >= 0.6 is 0 Å². The average molecular weight is 240 g/mol. The number of aryl methyl sites for hydroxylation is 1. The molecule has 0 amide bonds. The number of carbonyl (C=O) groups is 1. The van der Waals surface area contributed by atoms with Gasteiger partial charge >= 0.3 is 5.97 Å². The first-order valence-corrected chi connectivity index (χ1v) is 6.03. The zero-order valence-corrected chi connectivity index (χ0v) is 10.6.